The molecule has 0 aromatic carbocycles. The lowest BCUT2D eigenvalue weighted by atomic mass is 10.3. The van der Waals surface area contributed by atoms with E-state index in [4.69, 9.17) is 4.74 Å². The molecule has 2 aromatic heterocycles. The van der Waals surface area contributed by atoms with Gasteiger partial charge in [-0.15, -0.1) is 11.3 Å². The third kappa shape index (κ3) is 3.31. The molecule has 3 heterocycles. The fourth-order valence-corrected chi connectivity index (χ4v) is 3.09. The first kappa shape index (κ1) is 15.8. The first-order chi connectivity index (χ1) is 11.1. The van der Waals surface area contributed by atoms with Crippen molar-refractivity contribution in [3.63, 3.8) is 0 Å². The summed E-state index contributed by atoms with van der Waals surface area (Å²) in [7, 11) is 0. The van der Waals surface area contributed by atoms with Crippen LogP contribution < -0.4 is 4.74 Å². The second-order valence-electron chi connectivity index (χ2n) is 5.32. The van der Waals surface area contributed by atoms with Crippen LogP contribution >= 0.6 is 11.3 Å². The van der Waals surface area contributed by atoms with E-state index in [9.17, 15) is 9.18 Å². The maximum Gasteiger partial charge on any atom is 0.273 e. The van der Waals surface area contributed by atoms with Crippen LogP contribution in [0.2, 0.25) is 0 Å². The number of nitrogens with zero attached hydrogens (tertiary/aromatic N) is 4. The molecule has 1 fully saturated rings. The zero-order valence-electron chi connectivity index (χ0n) is 13.0. The maximum absolute atomic E-state index is 14.1. The lowest BCUT2D eigenvalue weighted by Crippen LogP contribution is -2.31. The van der Waals surface area contributed by atoms with Gasteiger partial charge in [-0.25, -0.2) is 9.97 Å². The molecule has 1 aliphatic heterocycles. The molecule has 0 saturated carbocycles. The van der Waals surface area contributed by atoms with E-state index in [1.165, 1.54) is 17.7 Å². The Bertz CT molecular complexity index is 721. The lowest BCUT2D eigenvalue weighted by Gasteiger charge is -2.16. The van der Waals surface area contributed by atoms with Crippen molar-refractivity contribution in [2.24, 2.45) is 0 Å². The molecule has 0 radical (unpaired) electrons. The average Bonchev–Trinajstić information content (AvgIpc) is 3.18. The molecule has 0 unspecified atom stereocenters. The summed E-state index contributed by atoms with van der Waals surface area (Å²) in [6, 6.07) is 0. The van der Waals surface area contributed by atoms with E-state index in [0.29, 0.717) is 37.3 Å². The Morgan fingerprint density at radius 1 is 1.52 bits per heavy atom. The SMILES string of the molecule is CCc1ncnc(O[C@H]2CCN(C(=O)c3csc(C)n3)C2)c1F. The number of likely N-dealkylation sites (tertiary alicyclic amines) is 1. The van der Waals surface area contributed by atoms with Gasteiger partial charge in [0.2, 0.25) is 5.82 Å². The number of rotatable bonds is 4. The molecule has 2 aromatic rings. The minimum atomic E-state index is -0.519. The third-order valence-corrected chi connectivity index (χ3v) is 4.49. The smallest absolute Gasteiger partial charge is 0.273 e. The van der Waals surface area contributed by atoms with Gasteiger partial charge in [0.1, 0.15) is 18.1 Å². The second-order valence-corrected chi connectivity index (χ2v) is 6.39. The molecule has 122 valence electrons. The standard InChI is InChI=1S/C15H17FN4O2S/c1-3-11-13(16)14(18-8-17-11)22-10-4-5-20(6-10)15(21)12-7-23-9(2)19-12/h7-8,10H,3-6H2,1-2H3/t10-/m0/s1. The van der Waals surface area contributed by atoms with Gasteiger partial charge in [0, 0.05) is 18.3 Å². The number of thiazole rings is 1. The lowest BCUT2D eigenvalue weighted by molar-refractivity contribution is 0.0765. The number of aryl methyl sites for hydroxylation is 2. The van der Waals surface area contributed by atoms with E-state index in [1.54, 1.807) is 10.3 Å². The van der Waals surface area contributed by atoms with Gasteiger partial charge >= 0.3 is 0 Å². The van der Waals surface area contributed by atoms with E-state index >= 15 is 0 Å². The van der Waals surface area contributed by atoms with Crippen LogP contribution in [0.1, 0.15) is 34.5 Å². The molecule has 0 aliphatic carbocycles. The van der Waals surface area contributed by atoms with E-state index in [2.05, 4.69) is 15.0 Å². The summed E-state index contributed by atoms with van der Waals surface area (Å²) in [5.41, 5.74) is 0.786. The molecule has 1 atom stereocenters. The maximum atomic E-state index is 14.1. The Labute approximate surface area is 137 Å². The summed E-state index contributed by atoms with van der Waals surface area (Å²) >= 11 is 1.44. The fourth-order valence-electron chi connectivity index (χ4n) is 2.51. The average molecular weight is 336 g/mol. The minimum Gasteiger partial charge on any atom is -0.470 e. The topological polar surface area (TPSA) is 68.2 Å². The quantitative estimate of drug-likeness (QED) is 0.856. The predicted molar refractivity (Wildman–Crippen MR) is 83.2 cm³/mol. The number of amides is 1. The van der Waals surface area contributed by atoms with Crippen LogP contribution in [-0.4, -0.2) is 45.0 Å². The number of carbonyl (C=O) groups excluding carboxylic acids is 1. The zero-order chi connectivity index (χ0) is 16.4. The highest BCUT2D eigenvalue weighted by atomic mass is 32.1. The van der Waals surface area contributed by atoms with Crippen LogP contribution in [0.25, 0.3) is 0 Å². The van der Waals surface area contributed by atoms with Crippen LogP contribution in [0.5, 0.6) is 5.88 Å². The molecule has 0 bridgehead atoms. The highest BCUT2D eigenvalue weighted by Gasteiger charge is 2.30. The predicted octanol–water partition coefficient (Wildman–Crippen LogP) is 2.24. The van der Waals surface area contributed by atoms with Crippen molar-refractivity contribution >= 4 is 17.2 Å². The highest BCUT2D eigenvalue weighted by molar-refractivity contribution is 7.09. The van der Waals surface area contributed by atoms with Crippen molar-refractivity contribution in [2.75, 3.05) is 13.1 Å². The van der Waals surface area contributed by atoms with Crippen molar-refractivity contribution in [2.45, 2.75) is 32.8 Å². The van der Waals surface area contributed by atoms with Crippen molar-refractivity contribution in [3.05, 3.63) is 33.9 Å². The molecular formula is C15H17FN4O2S. The molecule has 1 saturated heterocycles. The molecule has 23 heavy (non-hydrogen) atoms. The largest absolute Gasteiger partial charge is 0.470 e. The van der Waals surface area contributed by atoms with Gasteiger partial charge in [0.25, 0.3) is 11.8 Å². The summed E-state index contributed by atoms with van der Waals surface area (Å²) < 4.78 is 19.7. The number of halogens is 1. The van der Waals surface area contributed by atoms with Crippen LogP contribution in [0.15, 0.2) is 11.7 Å². The van der Waals surface area contributed by atoms with Gasteiger partial charge in [0.15, 0.2) is 0 Å². The normalized spacial score (nSPS) is 17.5. The summed E-state index contributed by atoms with van der Waals surface area (Å²) in [4.78, 5) is 26.0. The third-order valence-electron chi connectivity index (χ3n) is 3.71. The monoisotopic (exact) mass is 336 g/mol. The van der Waals surface area contributed by atoms with Gasteiger partial charge in [-0.1, -0.05) is 6.92 Å². The summed E-state index contributed by atoms with van der Waals surface area (Å²) in [5.74, 6) is -0.673. The van der Waals surface area contributed by atoms with E-state index in [-0.39, 0.29) is 17.9 Å². The fraction of sp³-hybridized carbons (Fsp3) is 0.467. The summed E-state index contributed by atoms with van der Waals surface area (Å²) in [5, 5.41) is 2.61. The van der Waals surface area contributed by atoms with Gasteiger partial charge in [-0.2, -0.15) is 9.37 Å². The molecule has 3 rings (SSSR count). The summed E-state index contributed by atoms with van der Waals surface area (Å²) in [6.45, 7) is 4.65. The number of ether oxygens (including phenoxy) is 1. The number of carbonyl (C=O) groups is 1. The van der Waals surface area contributed by atoms with Crippen LogP contribution in [0, 0.1) is 12.7 Å². The van der Waals surface area contributed by atoms with Gasteiger partial charge in [0.05, 0.1) is 17.2 Å². The van der Waals surface area contributed by atoms with Crippen molar-refractivity contribution < 1.29 is 13.9 Å². The van der Waals surface area contributed by atoms with Crippen LogP contribution in [0.3, 0.4) is 0 Å². The Kier molecular flexibility index (Phi) is 4.51. The molecular weight excluding hydrogens is 319 g/mol. The van der Waals surface area contributed by atoms with Gasteiger partial charge in [-0.05, 0) is 13.3 Å². The Morgan fingerprint density at radius 3 is 3.04 bits per heavy atom. The molecule has 1 amide bonds. The minimum absolute atomic E-state index is 0.0411. The zero-order valence-corrected chi connectivity index (χ0v) is 13.8. The molecule has 8 heteroatoms. The summed E-state index contributed by atoms with van der Waals surface area (Å²) in [6.07, 6.45) is 2.14. The molecule has 6 nitrogen and oxygen atoms in total. The van der Waals surface area contributed by atoms with Gasteiger partial charge < -0.3 is 9.64 Å². The Morgan fingerprint density at radius 2 is 2.35 bits per heavy atom. The number of hydrogen-bond acceptors (Lipinski definition) is 6. The molecule has 1 aliphatic rings. The molecule has 0 spiro atoms. The van der Waals surface area contributed by atoms with Crippen LogP contribution in [-0.2, 0) is 6.42 Å². The first-order valence-electron chi connectivity index (χ1n) is 7.46. The molecule has 0 N–H and O–H groups in total. The van der Waals surface area contributed by atoms with Crippen molar-refractivity contribution in [3.8, 4) is 5.88 Å². The van der Waals surface area contributed by atoms with E-state index < -0.39 is 5.82 Å². The Balaban J connectivity index is 1.65. The Hall–Kier alpha value is -2.09. The number of aromatic nitrogens is 3. The van der Waals surface area contributed by atoms with E-state index in [0.717, 1.165) is 5.01 Å². The second kappa shape index (κ2) is 6.57. The van der Waals surface area contributed by atoms with Crippen molar-refractivity contribution in [1.82, 2.24) is 19.9 Å². The van der Waals surface area contributed by atoms with E-state index in [1.807, 2.05) is 13.8 Å². The highest BCUT2D eigenvalue weighted by Crippen LogP contribution is 2.22. The van der Waals surface area contributed by atoms with Gasteiger partial charge in [-0.3, -0.25) is 4.79 Å². The number of hydrogen-bond donors (Lipinski definition) is 0. The van der Waals surface area contributed by atoms with Crippen LogP contribution in [0.4, 0.5) is 4.39 Å². The van der Waals surface area contributed by atoms with Crippen molar-refractivity contribution in [1.29, 1.82) is 0 Å². The first-order valence-corrected chi connectivity index (χ1v) is 8.34.